The smallest absolute Gasteiger partial charge is 0.338 e. The van der Waals surface area contributed by atoms with Crippen molar-refractivity contribution in [1.82, 2.24) is 0 Å². The van der Waals surface area contributed by atoms with Crippen LogP contribution in [0.5, 0.6) is 0 Å². The molecule has 0 aliphatic carbocycles. The van der Waals surface area contributed by atoms with Crippen LogP contribution in [0.15, 0.2) is 60.7 Å². The highest BCUT2D eigenvalue weighted by Crippen LogP contribution is 2.26. The molecular weight excluding hydrogens is 348 g/mol. The van der Waals surface area contributed by atoms with Gasteiger partial charge in [0.15, 0.2) is 0 Å². The van der Waals surface area contributed by atoms with Crippen molar-refractivity contribution < 1.29 is 14.6 Å². The molecule has 1 atom stereocenters. The summed E-state index contributed by atoms with van der Waals surface area (Å²) in [5, 5.41) is 10.5. The molecule has 150 valence electrons. The van der Waals surface area contributed by atoms with E-state index in [1.165, 1.54) is 24.8 Å². The molecule has 2 aromatic rings. The van der Waals surface area contributed by atoms with Gasteiger partial charge in [0.2, 0.25) is 0 Å². The summed E-state index contributed by atoms with van der Waals surface area (Å²) in [4.78, 5) is 12.1. The fourth-order valence-corrected chi connectivity index (χ4v) is 3.23. The number of carbonyl (C=O) groups excluding carboxylic acids is 1. The van der Waals surface area contributed by atoms with E-state index in [1.54, 1.807) is 6.07 Å². The lowest BCUT2D eigenvalue weighted by Crippen LogP contribution is -2.05. The molecule has 28 heavy (non-hydrogen) atoms. The molecular formula is C25H32O3. The molecule has 0 radical (unpaired) electrons. The Labute approximate surface area is 169 Å². The van der Waals surface area contributed by atoms with Crippen LogP contribution in [-0.2, 0) is 4.74 Å². The lowest BCUT2D eigenvalue weighted by molar-refractivity contribution is 0.0526. The average molecular weight is 381 g/mol. The molecule has 0 aliphatic rings. The maximum atomic E-state index is 12.1. The molecule has 0 saturated heterocycles. The number of aliphatic hydroxyl groups excluding tert-OH is 1. The van der Waals surface area contributed by atoms with Crippen molar-refractivity contribution >= 4 is 11.5 Å². The normalized spacial score (nSPS) is 12.6. The number of rotatable bonds is 11. The molecule has 0 amide bonds. The predicted octanol–water partition coefficient (Wildman–Crippen LogP) is 6.34. The number of aliphatic hydroxyl groups is 1. The third-order valence-corrected chi connectivity index (χ3v) is 4.82. The SMILES string of the molecule is CCCCCC/C(=C\CC(O)c1ccccc1)c1cccc(C(=O)OCC)c1. The summed E-state index contributed by atoms with van der Waals surface area (Å²) in [5.74, 6) is -0.293. The standard InChI is InChI=1S/C25H32O3/c1-3-5-6-8-12-20(17-18-24(26)21-13-9-7-10-14-21)22-15-11-16-23(19-22)25(27)28-4-2/h7,9-11,13-17,19,24,26H,3-6,8,12,18H2,1-2H3/b20-17+. The van der Waals surface area contributed by atoms with Gasteiger partial charge < -0.3 is 9.84 Å². The van der Waals surface area contributed by atoms with Gasteiger partial charge in [-0.2, -0.15) is 0 Å². The molecule has 1 N–H and O–H groups in total. The fraction of sp³-hybridized carbons (Fsp3) is 0.400. The minimum Gasteiger partial charge on any atom is -0.462 e. The number of allylic oxidation sites excluding steroid dienone is 1. The molecule has 0 bridgehead atoms. The zero-order valence-electron chi connectivity index (χ0n) is 17.1. The van der Waals surface area contributed by atoms with E-state index in [0.717, 1.165) is 24.0 Å². The lowest BCUT2D eigenvalue weighted by atomic mass is 9.95. The van der Waals surface area contributed by atoms with Gasteiger partial charge in [-0.1, -0.05) is 74.7 Å². The van der Waals surface area contributed by atoms with Crippen LogP contribution in [0.25, 0.3) is 5.57 Å². The Morgan fingerprint density at radius 3 is 2.46 bits per heavy atom. The summed E-state index contributed by atoms with van der Waals surface area (Å²) in [7, 11) is 0. The fourth-order valence-electron chi connectivity index (χ4n) is 3.23. The minimum atomic E-state index is -0.528. The molecule has 0 aliphatic heterocycles. The molecule has 0 fully saturated rings. The van der Waals surface area contributed by atoms with Gasteiger partial charge in [-0.25, -0.2) is 4.79 Å². The summed E-state index contributed by atoms with van der Waals surface area (Å²) >= 11 is 0. The predicted molar refractivity (Wildman–Crippen MR) is 115 cm³/mol. The Balaban J connectivity index is 2.18. The highest BCUT2D eigenvalue weighted by Gasteiger charge is 2.11. The lowest BCUT2D eigenvalue weighted by Gasteiger charge is -2.13. The number of unbranched alkanes of at least 4 members (excludes halogenated alkanes) is 3. The highest BCUT2D eigenvalue weighted by atomic mass is 16.5. The van der Waals surface area contributed by atoms with Crippen LogP contribution in [-0.4, -0.2) is 17.7 Å². The Morgan fingerprint density at radius 1 is 1.00 bits per heavy atom. The second kappa shape index (κ2) is 12.1. The Morgan fingerprint density at radius 2 is 1.75 bits per heavy atom. The quantitative estimate of drug-likeness (QED) is 0.365. The largest absolute Gasteiger partial charge is 0.462 e. The van der Waals surface area contributed by atoms with Gasteiger partial charge in [0.25, 0.3) is 0 Å². The van der Waals surface area contributed by atoms with Crippen molar-refractivity contribution in [2.75, 3.05) is 6.61 Å². The van der Waals surface area contributed by atoms with Gasteiger partial charge in [-0.3, -0.25) is 0 Å². The highest BCUT2D eigenvalue weighted by molar-refractivity contribution is 5.90. The molecule has 0 spiro atoms. The van der Waals surface area contributed by atoms with E-state index in [2.05, 4.69) is 13.0 Å². The summed E-state index contributed by atoms with van der Waals surface area (Å²) < 4.78 is 5.13. The number of benzene rings is 2. The van der Waals surface area contributed by atoms with E-state index >= 15 is 0 Å². The summed E-state index contributed by atoms with van der Waals surface area (Å²) in [6.45, 7) is 4.38. The first-order valence-electron chi connectivity index (χ1n) is 10.3. The van der Waals surface area contributed by atoms with Gasteiger partial charge in [0.05, 0.1) is 18.3 Å². The van der Waals surface area contributed by atoms with Crippen LogP contribution >= 0.6 is 0 Å². The Hall–Kier alpha value is -2.39. The average Bonchev–Trinajstić information content (AvgIpc) is 2.74. The number of esters is 1. The summed E-state index contributed by atoms with van der Waals surface area (Å²) in [6.07, 6.45) is 7.79. The Kier molecular flexibility index (Phi) is 9.50. The van der Waals surface area contributed by atoms with Crippen LogP contribution in [0.2, 0.25) is 0 Å². The minimum absolute atomic E-state index is 0.293. The Bertz CT molecular complexity index is 749. The maximum Gasteiger partial charge on any atom is 0.338 e. The topological polar surface area (TPSA) is 46.5 Å². The molecule has 0 saturated carbocycles. The van der Waals surface area contributed by atoms with Gasteiger partial charge in [0.1, 0.15) is 0 Å². The maximum absolute atomic E-state index is 12.1. The molecule has 1 unspecified atom stereocenters. The molecule has 0 heterocycles. The monoisotopic (exact) mass is 380 g/mol. The molecule has 3 heteroatoms. The first-order valence-corrected chi connectivity index (χ1v) is 10.3. The van der Waals surface area contributed by atoms with Gasteiger partial charge in [0, 0.05) is 0 Å². The first kappa shape index (κ1) is 21.9. The number of hydrogen-bond donors (Lipinski definition) is 1. The van der Waals surface area contributed by atoms with Crippen molar-refractivity contribution in [2.45, 2.75) is 58.5 Å². The first-order chi connectivity index (χ1) is 13.7. The molecule has 2 aromatic carbocycles. The number of ether oxygens (including phenoxy) is 1. The van der Waals surface area contributed by atoms with Crippen LogP contribution < -0.4 is 0 Å². The van der Waals surface area contributed by atoms with Crippen LogP contribution in [0.4, 0.5) is 0 Å². The van der Waals surface area contributed by atoms with Crippen molar-refractivity contribution in [1.29, 1.82) is 0 Å². The second-order valence-electron chi connectivity index (χ2n) is 7.00. The van der Waals surface area contributed by atoms with Gasteiger partial charge >= 0.3 is 5.97 Å². The summed E-state index contributed by atoms with van der Waals surface area (Å²) in [5.41, 5.74) is 3.70. The van der Waals surface area contributed by atoms with E-state index in [1.807, 2.05) is 55.5 Å². The molecule has 3 nitrogen and oxygen atoms in total. The zero-order valence-corrected chi connectivity index (χ0v) is 17.1. The van der Waals surface area contributed by atoms with Gasteiger partial charge in [-0.05, 0) is 55.0 Å². The van der Waals surface area contributed by atoms with E-state index in [0.29, 0.717) is 18.6 Å². The van der Waals surface area contributed by atoms with E-state index in [4.69, 9.17) is 4.74 Å². The number of carbonyl (C=O) groups is 1. The van der Waals surface area contributed by atoms with Crippen molar-refractivity contribution in [3.05, 3.63) is 77.4 Å². The van der Waals surface area contributed by atoms with Crippen molar-refractivity contribution in [2.24, 2.45) is 0 Å². The van der Waals surface area contributed by atoms with Crippen molar-refractivity contribution in [3.63, 3.8) is 0 Å². The third-order valence-electron chi connectivity index (χ3n) is 4.82. The van der Waals surface area contributed by atoms with Crippen LogP contribution in [0.3, 0.4) is 0 Å². The van der Waals surface area contributed by atoms with Gasteiger partial charge in [-0.15, -0.1) is 0 Å². The van der Waals surface area contributed by atoms with E-state index < -0.39 is 6.10 Å². The van der Waals surface area contributed by atoms with Crippen LogP contribution in [0, 0.1) is 0 Å². The third kappa shape index (κ3) is 6.97. The summed E-state index contributed by atoms with van der Waals surface area (Å²) in [6, 6.07) is 17.3. The van der Waals surface area contributed by atoms with E-state index in [9.17, 15) is 9.90 Å². The number of hydrogen-bond acceptors (Lipinski definition) is 3. The molecule has 0 aromatic heterocycles. The van der Waals surface area contributed by atoms with Crippen molar-refractivity contribution in [3.8, 4) is 0 Å². The zero-order chi connectivity index (χ0) is 20.2. The molecule has 2 rings (SSSR count). The van der Waals surface area contributed by atoms with E-state index in [-0.39, 0.29) is 5.97 Å². The second-order valence-corrected chi connectivity index (χ2v) is 7.00. The van der Waals surface area contributed by atoms with Crippen LogP contribution in [0.1, 0.15) is 80.0 Å².